The third kappa shape index (κ3) is 1.81. The third-order valence-electron chi connectivity index (χ3n) is 3.10. The molecule has 1 aliphatic carbocycles. The summed E-state index contributed by atoms with van der Waals surface area (Å²) in [7, 11) is 0. The monoisotopic (exact) mass is 234 g/mol. The van der Waals surface area contributed by atoms with Crippen LogP contribution in [0, 0.1) is 16.7 Å². The van der Waals surface area contributed by atoms with E-state index in [1.54, 1.807) is 18.5 Å². The predicted octanol–water partition coefficient (Wildman–Crippen LogP) is 2.54. The molecule has 0 amide bonds. The van der Waals surface area contributed by atoms with Gasteiger partial charge in [0.1, 0.15) is 5.41 Å². The maximum absolute atomic E-state index is 11.8. The molecule has 1 saturated carbocycles. The van der Waals surface area contributed by atoms with Crippen molar-refractivity contribution in [2.75, 3.05) is 0 Å². The number of aromatic nitrogens is 1. The summed E-state index contributed by atoms with van der Waals surface area (Å²) < 4.78 is 0. The number of nitrogens with zero attached hydrogens (tertiary/aromatic N) is 2. The van der Waals surface area contributed by atoms with Crippen LogP contribution in [0.25, 0.3) is 0 Å². The van der Waals surface area contributed by atoms with Gasteiger partial charge in [0.25, 0.3) is 0 Å². The van der Waals surface area contributed by atoms with E-state index in [-0.39, 0.29) is 5.78 Å². The molecule has 0 radical (unpaired) electrons. The first-order chi connectivity index (χ1) is 7.68. The van der Waals surface area contributed by atoms with Gasteiger partial charge in [-0.2, -0.15) is 5.26 Å². The van der Waals surface area contributed by atoms with Gasteiger partial charge in [-0.05, 0) is 30.9 Å². The largest absolute Gasteiger partial charge is 0.298 e. The van der Waals surface area contributed by atoms with E-state index in [1.807, 2.05) is 0 Å². The number of halogens is 1. The van der Waals surface area contributed by atoms with Gasteiger partial charge in [0.2, 0.25) is 0 Å². The smallest absolute Gasteiger partial charge is 0.153 e. The van der Waals surface area contributed by atoms with Gasteiger partial charge in [-0.15, -0.1) is 0 Å². The standard InChI is InChI=1S/C12H11ClN2O/c13-10-7-15-5-3-9(10)6-12(8-14)4-1-2-11(12)16/h3,5,7H,1-2,4,6H2. The zero-order valence-electron chi connectivity index (χ0n) is 8.74. The van der Waals surface area contributed by atoms with E-state index in [1.165, 1.54) is 0 Å². The van der Waals surface area contributed by atoms with E-state index in [4.69, 9.17) is 11.6 Å². The Morgan fingerprint density at radius 1 is 1.62 bits per heavy atom. The molecule has 1 aliphatic rings. The molecule has 1 aromatic rings. The molecule has 4 heteroatoms. The van der Waals surface area contributed by atoms with E-state index >= 15 is 0 Å². The molecule has 0 aromatic carbocycles. The van der Waals surface area contributed by atoms with E-state index < -0.39 is 5.41 Å². The van der Waals surface area contributed by atoms with E-state index in [0.717, 1.165) is 12.0 Å². The van der Waals surface area contributed by atoms with Gasteiger partial charge < -0.3 is 0 Å². The lowest BCUT2D eigenvalue weighted by Crippen LogP contribution is -2.26. The van der Waals surface area contributed by atoms with Crippen molar-refractivity contribution in [1.82, 2.24) is 4.98 Å². The Morgan fingerprint density at radius 3 is 3.00 bits per heavy atom. The molecule has 1 heterocycles. The van der Waals surface area contributed by atoms with Crippen molar-refractivity contribution in [2.24, 2.45) is 5.41 Å². The quantitative estimate of drug-likeness (QED) is 0.790. The number of Topliss-reactive ketones (excluding diaryl/α,β-unsaturated/α-hetero) is 1. The maximum Gasteiger partial charge on any atom is 0.153 e. The van der Waals surface area contributed by atoms with Gasteiger partial charge in [-0.25, -0.2) is 0 Å². The SMILES string of the molecule is N#CC1(Cc2ccncc2Cl)CCCC1=O. The number of hydrogen-bond acceptors (Lipinski definition) is 3. The zero-order valence-corrected chi connectivity index (χ0v) is 9.50. The van der Waals surface area contributed by atoms with Gasteiger partial charge in [-0.3, -0.25) is 9.78 Å². The molecule has 0 spiro atoms. The molecule has 1 unspecified atom stereocenters. The van der Waals surface area contributed by atoms with Crippen LogP contribution < -0.4 is 0 Å². The minimum atomic E-state index is -0.856. The third-order valence-corrected chi connectivity index (χ3v) is 3.44. The molecule has 0 bridgehead atoms. The summed E-state index contributed by atoms with van der Waals surface area (Å²) in [5, 5.41) is 9.73. The molecule has 0 aliphatic heterocycles. The highest BCUT2D eigenvalue weighted by Crippen LogP contribution is 2.38. The Hall–Kier alpha value is -1.40. The van der Waals surface area contributed by atoms with Gasteiger partial charge in [-0.1, -0.05) is 11.6 Å². The number of hydrogen-bond donors (Lipinski definition) is 0. The van der Waals surface area contributed by atoms with Crippen LogP contribution >= 0.6 is 11.6 Å². The minimum absolute atomic E-state index is 0.0443. The lowest BCUT2D eigenvalue weighted by atomic mass is 9.81. The first-order valence-corrected chi connectivity index (χ1v) is 5.59. The molecule has 0 N–H and O–H groups in total. The van der Waals surface area contributed by atoms with Gasteiger partial charge in [0.05, 0.1) is 11.1 Å². The van der Waals surface area contributed by atoms with Crippen LogP contribution in [0.2, 0.25) is 5.02 Å². The first kappa shape index (κ1) is 11.1. The summed E-state index contributed by atoms with van der Waals surface area (Å²) in [5.41, 5.74) is -0.0289. The number of pyridine rings is 1. The predicted molar refractivity (Wildman–Crippen MR) is 59.9 cm³/mol. The van der Waals surface area contributed by atoms with Gasteiger partial charge >= 0.3 is 0 Å². The van der Waals surface area contributed by atoms with Crippen molar-refractivity contribution >= 4 is 17.4 Å². The molecule has 16 heavy (non-hydrogen) atoms. The number of carbonyl (C=O) groups excluding carboxylic acids is 1. The van der Waals surface area contributed by atoms with Crippen LogP contribution in [-0.2, 0) is 11.2 Å². The van der Waals surface area contributed by atoms with Crippen LogP contribution in [0.3, 0.4) is 0 Å². The van der Waals surface area contributed by atoms with Crippen molar-refractivity contribution < 1.29 is 4.79 Å². The minimum Gasteiger partial charge on any atom is -0.298 e. The average Bonchev–Trinajstić information content (AvgIpc) is 2.64. The molecule has 1 atom stereocenters. The van der Waals surface area contributed by atoms with E-state index in [0.29, 0.717) is 24.3 Å². The highest BCUT2D eigenvalue weighted by atomic mass is 35.5. The van der Waals surface area contributed by atoms with Gasteiger partial charge in [0.15, 0.2) is 5.78 Å². The van der Waals surface area contributed by atoms with Crippen LogP contribution in [-0.4, -0.2) is 10.8 Å². The molecule has 1 fully saturated rings. The molecule has 1 aromatic heterocycles. The Bertz CT molecular complexity index is 466. The number of nitriles is 1. The molecular formula is C12H11ClN2O. The number of ketones is 1. The fourth-order valence-corrected chi connectivity index (χ4v) is 2.33. The van der Waals surface area contributed by atoms with Crippen molar-refractivity contribution in [3.63, 3.8) is 0 Å². The fourth-order valence-electron chi connectivity index (χ4n) is 2.15. The summed E-state index contributed by atoms with van der Waals surface area (Å²) in [6.07, 6.45) is 5.53. The lowest BCUT2D eigenvalue weighted by molar-refractivity contribution is -0.123. The Morgan fingerprint density at radius 2 is 2.44 bits per heavy atom. The second-order valence-corrected chi connectivity index (χ2v) is 4.52. The van der Waals surface area contributed by atoms with Gasteiger partial charge in [0, 0.05) is 18.8 Å². The van der Waals surface area contributed by atoms with Crippen molar-refractivity contribution in [3.05, 3.63) is 29.0 Å². The second kappa shape index (κ2) is 4.23. The summed E-state index contributed by atoms with van der Waals surface area (Å²) >= 11 is 5.99. The van der Waals surface area contributed by atoms with Crippen LogP contribution in [0.1, 0.15) is 24.8 Å². The number of rotatable bonds is 2. The zero-order chi connectivity index (χ0) is 11.6. The molecule has 3 nitrogen and oxygen atoms in total. The van der Waals surface area contributed by atoms with Crippen LogP contribution in [0.15, 0.2) is 18.5 Å². The molecular weight excluding hydrogens is 224 g/mol. The fraction of sp³-hybridized carbons (Fsp3) is 0.417. The van der Waals surface area contributed by atoms with Crippen molar-refractivity contribution in [2.45, 2.75) is 25.7 Å². The Labute approximate surface area is 99.1 Å². The average molecular weight is 235 g/mol. The number of carbonyl (C=O) groups is 1. The highest BCUT2D eigenvalue weighted by molar-refractivity contribution is 6.31. The molecule has 2 rings (SSSR count). The summed E-state index contributed by atoms with van der Waals surface area (Å²) in [6, 6.07) is 3.95. The summed E-state index contributed by atoms with van der Waals surface area (Å²) in [5.74, 6) is 0.0443. The van der Waals surface area contributed by atoms with Crippen molar-refractivity contribution in [1.29, 1.82) is 5.26 Å². The first-order valence-electron chi connectivity index (χ1n) is 5.21. The van der Waals surface area contributed by atoms with Crippen molar-refractivity contribution in [3.8, 4) is 6.07 Å². The lowest BCUT2D eigenvalue weighted by Gasteiger charge is -2.18. The highest BCUT2D eigenvalue weighted by Gasteiger charge is 2.42. The van der Waals surface area contributed by atoms with Crippen LogP contribution in [0.4, 0.5) is 0 Å². The second-order valence-electron chi connectivity index (χ2n) is 4.11. The summed E-state index contributed by atoms with van der Waals surface area (Å²) in [4.78, 5) is 15.6. The summed E-state index contributed by atoms with van der Waals surface area (Å²) in [6.45, 7) is 0. The van der Waals surface area contributed by atoms with E-state index in [2.05, 4.69) is 11.1 Å². The van der Waals surface area contributed by atoms with Crippen LogP contribution in [0.5, 0.6) is 0 Å². The normalized spacial score (nSPS) is 24.4. The molecule has 82 valence electrons. The topological polar surface area (TPSA) is 53.8 Å². The Balaban J connectivity index is 2.30. The Kier molecular flexibility index (Phi) is 2.93. The van der Waals surface area contributed by atoms with E-state index in [9.17, 15) is 10.1 Å². The maximum atomic E-state index is 11.8. The molecule has 0 saturated heterocycles.